The number of anilines is 1. The number of hydrogen-bond acceptors (Lipinski definition) is 6. The summed E-state index contributed by atoms with van der Waals surface area (Å²) in [5.74, 6) is 1.07. The number of thiazole rings is 1. The molecule has 2 aromatic carbocycles. The molecule has 0 saturated heterocycles. The Kier molecular flexibility index (Phi) is 2.68. The van der Waals surface area contributed by atoms with E-state index in [1.165, 1.54) is 11.3 Å². The van der Waals surface area contributed by atoms with Crippen LogP contribution in [0, 0.1) is 0 Å². The van der Waals surface area contributed by atoms with Gasteiger partial charge in [0.05, 0.1) is 10.2 Å². The van der Waals surface area contributed by atoms with Crippen molar-refractivity contribution in [2.24, 2.45) is 0 Å². The van der Waals surface area contributed by atoms with Crippen LogP contribution in [0.5, 0.6) is 0 Å². The van der Waals surface area contributed by atoms with Crippen LogP contribution in [0.4, 0.5) is 5.13 Å². The van der Waals surface area contributed by atoms with Gasteiger partial charge in [-0.1, -0.05) is 46.8 Å². The molecular weight excluding hydrogens is 284 g/mol. The van der Waals surface area contributed by atoms with E-state index < -0.39 is 0 Å². The molecule has 102 valence electrons. The Labute approximate surface area is 124 Å². The standard InChI is InChI=1S/C15H10N4OS/c16-15-17-11-7-6-10(8-12(11)21-15)14-18-13(19-20-14)9-4-2-1-3-5-9/h1-8H,(H2,16,17). The zero-order valence-electron chi connectivity index (χ0n) is 10.9. The van der Waals surface area contributed by atoms with Gasteiger partial charge in [0.15, 0.2) is 5.13 Å². The molecule has 0 amide bonds. The molecule has 2 aromatic heterocycles. The van der Waals surface area contributed by atoms with E-state index in [0.29, 0.717) is 16.8 Å². The van der Waals surface area contributed by atoms with Crippen LogP contribution in [0.1, 0.15) is 0 Å². The van der Waals surface area contributed by atoms with Gasteiger partial charge in [0.1, 0.15) is 0 Å². The molecule has 0 unspecified atom stereocenters. The quantitative estimate of drug-likeness (QED) is 0.611. The Balaban J connectivity index is 1.77. The number of benzene rings is 2. The first kappa shape index (κ1) is 12.0. The summed E-state index contributed by atoms with van der Waals surface area (Å²) in [5, 5.41) is 4.58. The van der Waals surface area contributed by atoms with Gasteiger partial charge in [-0.15, -0.1) is 0 Å². The summed E-state index contributed by atoms with van der Waals surface area (Å²) < 4.78 is 6.36. The fraction of sp³-hybridized carbons (Fsp3) is 0. The van der Waals surface area contributed by atoms with Crippen molar-refractivity contribution in [3.8, 4) is 22.8 Å². The lowest BCUT2D eigenvalue weighted by molar-refractivity contribution is 0.432. The molecule has 4 rings (SSSR count). The maximum Gasteiger partial charge on any atom is 0.258 e. The predicted molar refractivity (Wildman–Crippen MR) is 82.8 cm³/mol. The highest BCUT2D eigenvalue weighted by molar-refractivity contribution is 7.22. The van der Waals surface area contributed by atoms with E-state index in [0.717, 1.165) is 21.3 Å². The molecule has 0 aliphatic heterocycles. The number of nitrogens with two attached hydrogens (primary N) is 1. The van der Waals surface area contributed by atoms with Crippen LogP contribution in [-0.4, -0.2) is 15.1 Å². The average molecular weight is 294 g/mol. The highest BCUT2D eigenvalue weighted by atomic mass is 32.1. The number of aromatic nitrogens is 3. The van der Waals surface area contributed by atoms with Crippen molar-refractivity contribution in [3.05, 3.63) is 48.5 Å². The minimum absolute atomic E-state index is 0.489. The molecule has 0 aliphatic carbocycles. The van der Waals surface area contributed by atoms with Crippen LogP contribution in [0.25, 0.3) is 33.1 Å². The van der Waals surface area contributed by atoms with E-state index in [1.807, 2.05) is 48.5 Å². The Morgan fingerprint density at radius 2 is 1.81 bits per heavy atom. The van der Waals surface area contributed by atoms with Crippen LogP contribution in [0.3, 0.4) is 0 Å². The molecule has 2 N–H and O–H groups in total. The summed E-state index contributed by atoms with van der Waals surface area (Å²) >= 11 is 1.44. The van der Waals surface area contributed by atoms with Crippen LogP contribution in [0.15, 0.2) is 53.1 Å². The van der Waals surface area contributed by atoms with Gasteiger partial charge in [0.2, 0.25) is 5.82 Å². The molecule has 21 heavy (non-hydrogen) atoms. The summed E-state index contributed by atoms with van der Waals surface area (Å²) in [4.78, 5) is 8.67. The van der Waals surface area contributed by atoms with E-state index in [4.69, 9.17) is 10.3 Å². The Morgan fingerprint density at radius 1 is 0.952 bits per heavy atom. The van der Waals surface area contributed by atoms with Crippen molar-refractivity contribution in [2.45, 2.75) is 0 Å². The molecule has 0 bridgehead atoms. The molecule has 0 aliphatic rings. The van der Waals surface area contributed by atoms with E-state index in [2.05, 4.69) is 15.1 Å². The van der Waals surface area contributed by atoms with Crippen molar-refractivity contribution in [1.29, 1.82) is 0 Å². The van der Waals surface area contributed by atoms with Crippen LogP contribution in [-0.2, 0) is 0 Å². The summed E-state index contributed by atoms with van der Waals surface area (Å²) in [6.45, 7) is 0. The first-order chi connectivity index (χ1) is 10.3. The molecule has 0 fully saturated rings. The molecular formula is C15H10N4OS. The van der Waals surface area contributed by atoms with Crippen molar-refractivity contribution < 1.29 is 4.52 Å². The van der Waals surface area contributed by atoms with E-state index in [-0.39, 0.29) is 0 Å². The first-order valence-electron chi connectivity index (χ1n) is 6.35. The first-order valence-corrected chi connectivity index (χ1v) is 7.17. The van der Waals surface area contributed by atoms with Crippen molar-refractivity contribution in [1.82, 2.24) is 15.1 Å². The SMILES string of the molecule is Nc1nc2ccc(-c3nc(-c4ccccc4)no3)cc2s1. The lowest BCUT2D eigenvalue weighted by Gasteiger charge is -1.93. The van der Waals surface area contributed by atoms with Gasteiger partial charge in [-0.25, -0.2) is 4.98 Å². The third-order valence-electron chi connectivity index (χ3n) is 3.11. The normalized spacial score (nSPS) is 11.0. The molecule has 0 spiro atoms. The molecule has 0 atom stereocenters. The van der Waals surface area contributed by atoms with Gasteiger partial charge in [-0.2, -0.15) is 4.98 Å². The fourth-order valence-electron chi connectivity index (χ4n) is 2.12. The number of hydrogen-bond donors (Lipinski definition) is 1. The van der Waals surface area contributed by atoms with Gasteiger partial charge >= 0.3 is 0 Å². The zero-order valence-corrected chi connectivity index (χ0v) is 11.7. The highest BCUT2D eigenvalue weighted by Crippen LogP contribution is 2.29. The molecule has 5 nitrogen and oxygen atoms in total. The van der Waals surface area contributed by atoms with E-state index in [1.54, 1.807) is 0 Å². The van der Waals surface area contributed by atoms with Gasteiger partial charge in [-0.05, 0) is 18.2 Å². The van der Waals surface area contributed by atoms with Gasteiger partial charge < -0.3 is 10.3 Å². The smallest absolute Gasteiger partial charge is 0.258 e. The Bertz CT molecular complexity index is 914. The zero-order chi connectivity index (χ0) is 14.2. The van der Waals surface area contributed by atoms with Gasteiger partial charge in [-0.3, -0.25) is 0 Å². The maximum atomic E-state index is 5.72. The van der Waals surface area contributed by atoms with Crippen LogP contribution >= 0.6 is 11.3 Å². The largest absolute Gasteiger partial charge is 0.375 e. The summed E-state index contributed by atoms with van der Waals surface area (Å²) in [5.41, 5.74) is 8.38. The minimum Gasteiger partial charge on any atom is -0.375 e. The van der Waals surface area contributed by atoms with Gasteiger partial charge in [0, 0.05) is 11.1 Å². The van der Waals surface area contributed by atoms with Crippen molar-refractivity contribution in [2.75, 3.05) is 5.73 Å². The third kappa shape index (κ3) is 2.15. The number of nitrogen functional groups attached to an aromatic ring is 1. The third-order valence-corrected chi connectivity index (χ3v) is 3.96. The van der Waals surface area contributed by atoms with E-state index >= 15 is 0 Å². The number of rotatable bonds is 2. The summed E-state index contributed by atoms with van der Waals surface area (Å²) in [7, 11) is 0. The minimum atomic E-state index is 0.489. The van der Waals surface area contributed by atoms with Crippen molar-refractivity contribution in [3.63, 3.8) is 0 Å². The highest BCUT2D eigenvalue weighted by Gasteiger charge is 2.11. The van der Waals surface area contributed by atoms with E-state index in [9.17, 15) is 0 Å². The lowest BCUT2D eigenvalue weighted by Crippen LogP contribution is -1.81. The average Bonchev–Trinajstić information content (AvgIpc) is 3.12. The molecule has 0 saturated carbocycles. The molecule has 6 heteroatoms. The van der Waals surface area contributed by atoms with Crippen molar-refractivity contribution >= 4 is 26.7 Å². The topological polar surface area (TPSA) is 77.8 Å². The van der Waals surface area contributed by atoms with Crippen LogP contribution < -0.4 is 5.73 Å². The summed E-state index contributed by atoms with van der Waals surface area (Å²) in [6, 6.07) is 15.5. The second-order valence-electron chi connectivity index (χ2n) is 4.52. The van der Waals surface area contributed by atoms with Gasteiger partial charge in [0.25, 0.3) is 5.89 Å². The number of fused-ring (bicyclic) bond motifs is 1. The lowest BCUT2D eigenvalue weighted by atomic mass is 10.2. The Morgan fingerprint density at radius 3 is 2.67 bits per heavy atom. The predicted octanol–water partition coefficient (Wildman–Crippen LogP) is 3.60. The summed E-state index contributed by atoms with van der Waals surface area (Å²) in [6.07, 6.45) is 0. The molecule has 2 heterocycles. The maximum absolute atomic E-state index is 5.72. The molecule has 4 aromatic rings. The fourth-order valence-corrected chi connectivity index (χ4v) is 2.89. The second kappa shape index (κ2) is 4.68. The molecule has 0 radical (unpaired) electrons. The number of nitrogens with zero attached hydrogens (tertiary/aromatic N) is 3. The van der Waals surface area contributed by atoms with Crippen LogP contribution in [0.2, 0.25) is 0 Å². The second-order valence-corrected chi connectivity index (χ2v) is 5.59. The monoisotopic (exact) mass is 294 g/mol. The Hall–Kier alpha value is -2.73.